The fourth-order valence-electron chi connectivity index (χ4n) is 4.56. The number of ether oxygens (including phenoxy) is 1. The molecule has 2 unspecified atom stereocenters. The van der Waals surface area contributed by atoms with Crippen molar-refractivity contribution in [3.63, 3.8) is 0 Å². The highest BCUT2D eigenvalue weighted by molar-refractivity contribution is 5.55. The van der Waals surface area contributed by atoms with Crippen LogP contribution in [0.1, 0.15) is 122 Å². The Balaban J connectivity index is 1.60. The van der Waals surface area contributed by atoms with E-state index in [1.807, 2.05) is 6.92 Å². The molecule has 3 nitrogen and oxygen atoms in total. The summed E-state index contributed by atoms with van der Waals surface area (Å²) in [6.07, 6.45) is 19.2. The van der Waals surface area contributed by atoms with E-state index in [4.69, 9.17) is 4.74 Å². The first-order valence-electron chi connectivity index (χ1n) is 14.9. The number of aryl methyl sites for hydroxylation is 1. The van der Waals surface area contributed by atoms with Gasteiger partial charge in [0.05, 0.1) is 19.0 Å². The molecule has 0 radical (unpaired) electrons. The molecule has 0 aliphatic carbocycles. The first-order valence-corrected chi connectivity index (χ1v) is 14.9. The quantitative estimate of drug-likeness (QED) is 0.146. The van der Waals surface area contributed by atoms with Crippen LogP contribution in [0.3, 0.4) is 0 Å². The molecule has 0 aliphatic rings. The summed E-state index contributed by atoms with van der Waals surface area (Å²) in [6, 6.07) is 8.49. The number of alkyl halides is 2. The Hall–Kier alpha value is -2.04. The van der Waals surface area contributed by atoms with Crippen molar-refractivity contribution in [2.75, 3.05) is 6.61 Å². The third-order valence-electron chi connectivity index (χ3n) is 7.02. The minimum absolute atomic E-state index is 0.240. The summed E-state index contributed by atoms with van der Waals surface area (Å²) in [5, 5.41) is 0. The average molecular weight is 517 g/mol. The third kappa shape index (κ3) is 14.5. The fourth-order valence-corrected chi connectivity index (χ4v) is 4.56. The third-order valence-corrected chi connectivity index (χ3v) is 7.02. The van der Waals surface area contributed by atoms with Crippen molar-refractivity contribution in [1.29, 1.82) is 0 Å². The van der Waals surface area contributed by atoms with Crippen molar-refractivity contribution in [3.8, 4) is 17.1 Å². The van der Waals surface area contributed by atoms with Gasteiger partial charge in [0, 0.05) is 12.0 Å². The minimum atomic E-state index is -1.04. The van der Waals surface area contributed by atoms with Crippen molar-refractivity contribution in [1.82, 2.24) is 9.97 Å². The zero-order valence-electron chi connectivity index (χ0n) is 23.4. The summed E-state index contributed by atoms with van der Waals surface area (Å²) in [5.74, 6) is 1.18. The Kier molecular flexibility index (Phi) is 16.8. The molecule has 1 aromatic carbocycles. The van der Waals surface area contributed by atoms with Crippen LogP contribution in [0, 0.1) is 0 Å². The predicted molar refractivity (Wildman–Crippen MR) is 152 cm³/mol. The second kappa shape index (κ2) is 20.0. The van der Waals surface area contributed by atoms with Gasteiger partial charge in [-0.15, -0.1) is 0 Å². The van der Waals surface area contributed by atoms with Gasteiger partial charge in [0.25, 0.3) is 0 Å². The van der Waals surface area contributed by atoms with E-state index < -0.39 is 12.3 Å². The van der Waals surface area contributed by atoms with Gasteiger partial charge >= 0.3 is 0 Å². The second-order valence-corrected chi connectivity index (χ2v) is 10.4. The van der Waals surface area contributed by atoms with Gasteiger partial charge in [0.2, 0.25) is 0 Å². The SMILES string of the molecule is CCCCCCCCCCCCc1ccc(-c2ncc(OCCC(F)CCC(F)CCCC)cn2)cc1. The van der Waals surface area contributed by atoms with Gasteiger partial charge in [0.15, 0.2) is 11.6 Å². The lowest BCUT2D eigenvalue weighted by molar-refractivity contribution is 0.199. The Morgan fingerprint density at radius 1 is 0.649 bits per heavy atom. The zero-order valence-corrected chi connectivity index (χ0v) is 23.4. The van der Waals surface area contributed by atoms with Crippen molar-refractivity contribution < 1.29 is 13.5 Å². The average Bonchev–Trinajstić information content (AvgIpc) is 2.92. The Labute approximate surface area is 224 Å². The number of benzene rings is 1. The van der Waals surface area contributed by atoms with Crippen LogP contribution in [0.5, 0.6) is 5.75 Å². The van der Waals surface area contributed by atoms with Gasteiger partial charge in [-0.1, -0.05) is 109 Å². The molecule has 0 fully saturated rings. The largest absolute Gasteiger partial charge is 0.490 e. The summed E-state index contributed by atoms with van der Waals surface area (Å²) in [6.45, 7) is 4.54. The van der Waals surface area contributed by atoms with E-state index in [0.717, 1.165) is 24.8 Å². The number of nitrogens with zero attached hydrogens (tertiary/aromatic N) is 2. The van der Waals surface area contributed by atoms with Crippen LogP contribution in [-0.2, 0) is 6.42 Å². The summed E-state index contributed by atoms with van der Waals surface area (Å²) >= 11 is 0. The monoisotopic (exact) mass is 516 g/mol. The molecule has 2 atom stereocenters. The van der Waals surface area contributed by atoms with Crippen LogP contribution >= 0.6 is 0 Å². The molecular weight excluding hydrogens is 466 g/mol. The molecule has 0 aliphatic heterocycles. The van der Waals surface area contributed by atoms with Crippen LogP contribution < -0.4 is 4.74 Å². The second-order valence-electron chi connectivity index (χ2n) is 10.4. The molecule has 0 bridgehead atoms. The van der Waals surface area contributed by atoms with Gasteiger partial charge in [-0.25, -0.2) is 18.7 Å². The zero-order chi connectivity index (χ0) is 26.6. The molecule has 37 heavy (non-hydrogen) atoms. The van der Waals surface area contributed by atoms with Gasteiger partial charge < -0.3 is 4.74 Å². The molecule has 2 aromatic rings. The molecular formula is C32H50F2N2O. The Bertz CT molecular complexity index is 797. The van der Waals surface area contributed by atoms with Crippen molar-refractivity contribution in [2.45, 2.75) is 135 Å². The van der Waals surface area contributed by atoms with Crippen LogP contribution in [0.2, 0.25) is 0 Å². The predicted octanol–water partition coefficient (Wildman–Crippen LogP) is 10.0. The van der Waals surface area contributed by atoms with Gasteiger partial charge in [-0.2, -0.15) is 0 Å². The van der Waals surface area contributed by atoms with Crippen LogP contribution in [-0.4, -0.2) is 28.9 Å². The molecule has 0 saturated heterocycles. The highest BCUT2D eigenvalue weighted by atomic mass is 19.1. The van der Waals surface area contributed by atoms with E-state index in [0.29, 0.717) is 18.0 Å². The topological polar surface area (TPSA) is 35.0 Å². The number of unbranched alkanes of at least 4 members (excludes halogenated alkanes) is 10. The molecule has 1 aromatic heterocycles. The Morgan fingerprint density at radius 2 is 1.19 bits per heavy atom. The maximum absolute atomic E-state index is 14.0. The molecule has 0 spiro atoms. The van der Waals surface area contributed by atoms with E-state index in [1.165, 1.54) is 69.8 Å². The highest BCUT2D eigenvalue weighted by Crippen LogP contribution is 2.20. The van der Waals surface area contributed by atoms with E-state index in [1.54, 1.807) is 12.4 Å². The van der Waals surface area contributed by atoms with Crippen LogP contribution in [0.4, 0.5) is 8.78 Å². The molecule has 2 rings (SSSR count). The smallest absolute Gasteiger partial charge is 0.159 e. The first kappa shape index (κ1) is 31.2. The number of aromatic nitrogens is 2. The fraction of sp³-hybridized carbons (Fsp3) is 0.688. The molecule has 0 saturated carbocycles. The molecule has 0 amide bonds. The molecule has 5 heteroatoms. The Morgan fingerprint density at radius 3 is 1.78 bits per heavy atom. The summed E-state index contributed by atoms with van der Waals surface area (Å²) in [4.78, 5) is 8.82. The van der Waals surface area contributed by atoms with Crippen molar-refractivity contribution in [3.05, 3.63) is 42.2 Å². The summed E-state index contributed by atoms with van der Waals surface area (Å²) in [5.41, 5.74) is 2.33. The van der Waals surface area contributed by atoms with Crippen molar-refractivity contribution >= 4 is 0 Å². The number of hydrogen-bond donors (Lipinski definition) is 0. The van der Waals surface area contributed by atoms with E-state index in [2.05, 4.69) is 41.2 Å². The van der Waals surface area contributed by atoms with Gasteiger partial charge in [-0.3, -0.25) is 0 Å². The van der Waals surface area contributed by atoms with E-state index >= 15 is 0 Å². The van der Waals surface area contributed by atoms with Gasteiger partial charge in [0.1, 0.15) is 12.3 Å². The van der Waals surface area contributed by atoms with Crippen molar-refractivity contribution in [2.24, 2.45) is 0 Å². The number of hydrogen-bond acceptors (Lipinski definition) is 3. The number of rotatable bonds is 22. The van der Waals surface area contributed by atoms with Crippen LogP contribution in [0.15, 0.2) is 36.7 Å². The highest BCUT2D eigenvalue weighted by Gasteiger charge is 2.12. The molecule has 0 N–H and O–H groups in total. The summed E-state index contributed by atoms with van der Waals surface area (Å²) in [7, 11) is 0. The maximum atomic E-state index is 14.0. The number of halogens is 2. The first-order chi connectivity index (χ1) is 18.1. The minimum Gasteiger partial charge on any atom is -0.490 e. The molecule has 1 heterocycles. The normalized spacial score (nSPS) is 13.0. The lowest BCUT2D eigenvalue weighted by atomic mass is 10.0. The standard InChI is InChI=1S/C32H50F2N2O/c1-3-5-7-8-9-10-11-12-13-14-15-27-17-19-28(20-18-27)32-35-25-31(26-36-32)37-24-23-30(34)22-21-29(33)16-6-4-2/h17-20,25-26,29-30H,3-16,21-24H2,1-2H3. The van der Waals surface area contributed by atoms with Gasteiger partial charge in [-0.05, 0) is 37.7 Å². The molecule has 208 valence electrons. The van der Waals surface area contributed by atoms with E-state index in [9.17, 15) is 8.78 Å². The summed E-state index contributed by atoms with van der Waals surface area (Å²) < 4.78 is 33.3. The van der Waals surface area contributed by atoms with E-state index in [-0.39, 0.29) is 25.9 Å². The lowest BCUT2D eigenvalue weighted by Gasteiger charge is -2.12. The van der Waals surface area contributed by atoms with Crippen LogP contribution in [0.25, 0.3) is 11.4 Å². The maximum Gasteiger partial charge on any atom is 0.159 e. The lowest BCUT2D eigenvalue weighted by Crippen LogP contribution is -2.11.